The largest absolute Gasteiger partial charge is 0.444 e. The number of hydrogen-bond acceptors (Lipinski definition) is 3. The number of carbonyl (C=O) groups excluding carboxylic acids is 1. The van der Waals surface area contributed by atoms with E-state index < -0.39 is 5.60 Å². The first-order chi connectivity index (χ1) is 11.0. The van der Waals surface area contributed by atoms with E-state index in [0.29, 0.717) is 5.92 Å². The summed E-state index contributed by atoms with van der Waals surface area (Å²) in [6.07, 6.45) is 1.86. The summed E-state index contributed by atoms with van der Waals surface area (Å²) < 4.78 is 5.67. The Bertz CT molecular complexity index is 567. The van der Waals surface area contributed by atoms with Gasteiger partial charge in [-0.3, -0.25) is 0 Å². The molecule has 2 rings (SSSR count). The Morgan fingerprint density at radius 2 is 1.71 bits per heavy atom. The van der Waals surface area contributed by atoms with Crippen LogP contribution in [0.25, 0.3) is 0 Å². The number of ether oxygens (including phenoxy) is 1. The number of nitrogens with two attached hydrogens (primary N) is 1. The van der Waals surface area contributed by atoms with Crippen molar-refractivity contribution in [2.75, 3.05) is 12.3 Å². The summed E-state index contributed by atoms with van der Waals surface area (Å²) >= 11 is 0. The molecule has 0 saturated carbocycles. The molecule has 4 nitrogen and oxygen atoms in total. The van der Waals surface area contributed by atoms with Gasteiger partial charge in [-0.2, -0.15) is 0 Å². The number of anilines is 1. The maximum Gasteiger partial charge on any atom is 0.410 e. The zero-order valence-electron chi connectivity index (χ0n) is 15.9. The Labute approximate surface area is 146 Å². The zero-order chi connectivity index (χ0) is 18.1. The highest BCUT2D eigenvalue weighted by molar-refractivity contribution is 5.69. The minimum atomic E-state index is -0.479. The van der Waals surface area contributed by atoms with E-state index in [0.717, 1.165) is 25.1 Å². The normalized spacial score (nSPS) is 22.3. The van der Waals surface area contributed by atoms with E-state index >= 15 is 0 Å². The Hall–Kier alpha value is -1.71. The van der Waals surface area contributed by atoms with E-state index in [1.54, 1.807) is 0 Å². The predicted molar refractivity (Wildman–Crippen MR) is 99.0 cm³/mol. The Morgan fingerprint density at radius 3 is 2.21 bits per heavy atom. The molecule has 24 heavy (non-hydrogen) atoms. The molecule has 2 N–H and O–H groups in total. The molecule has 0 bridgehead atoms. The van der Waals surface area contributed by atoms with Gasteiger partial charge in [0, 0.05) is 24.2 Å². The van der Waals surface area contributed by atoms with E-state index in [1.807, 2.05) is 37.8 Å². The van der Waals surface area contributed by atoms with E-state index in [9.17, 15) is 4.79 Å². The smallest absolute Gasteiger partial charge is 0.410 e. The third kappa shape index (κ3) is 4.43. The molecule has 0 radical (unpaired) electrons. The molecule has 2 unspecified atom stereocenters. The molecule has 1 aliphatic rings. The number of likely N-dealkylation sites (tertiary alicyclic amines) is 1. The lowest BCUT2D eigenvalue weighted by molar-refractivity contribution is -0.0132. The number of carbonyl (C=O) groups is 1. The van der Waals surface area contributed by atoms with Crippen molar-refractivity contribution in [3.8, 4) is 0 Å². The third-order valence-corrected chi connectivity index (χ3v) is 4.51. The molecule has 1 amide bonds. The number of piperidine rings is 1. The molecule has 2 atom stereocenters. The fourth-order valence-corrected chi connectivity index (χ4v) is 3.68. The topological polar surface area (TPSA) is 55.6 Å². The lowest BCUT2D eigenvalue weighted by atomic mass is 9.71. The Kier molecular flexibility index (Phi) is 5.17. The van der Waals surface area contributed by atoms with Crippen LogP contribution in [0.3, 0.4) is 0 Å². The zero-order valence-corrected chi connectivity index (χ0v) is 15.9. The standard InChI is InChI=1S/C20H32N2O2/c1-19(2,3)17-16(14-9-11-15(21)12-10-14)8-7-13-22(17)18(23)24-20(4,5)6/h9-12,16-17H,7-8,13,21H2,1-6H3. The first-order valence-corrected chi connectivity index (χ1v) is 8.84. The van der Waals surface area contributed by atoms with E-state index in [4.69, 9.17) is 10.5 Å². The van der Waals surface area contributed by atoms with Crippen molar-refractivity contribution in [1.29, 1.82) is 0 Å². The molecule has 0 spiro atoms. The molecule has 1 aromatic carbocycles. The van der Waals surface area contributed by atoms with E-state index in [2.05, 4.69) is 32.9 Å². The molecule has 4 heteroatoms. The van der Waals surface area contributed by atoms with Gasteiger partial charge in [0.1, 0.15) is 5.60 Å². The van der Waals surface area contributed by atoms with Crippen molar-refractivity contribution in [3.05, 3.63) is 29.8 Å². The summed E-state index contributed by atoms with van der Waals surface area (Å²) in [4.78, 5) is 14.7. The molecule has 0 aromatic heterocycles. The molecule has 1 heterocycles. The highest BCUT2D eigenvalue weighted by atomic mass is 16.6. The van der Waals surface area contributed by atoms with E-state index in [1.165, 1.54) is 5.56 Å². The molecular formula is C20H32N2O2. The number of amides is 1. The molecule has 0 aliphatic carbocycles. The monoisotopic (exact) mass is 332 g/mol. The van der Waals surface area contributed by atoms with Crippen LogP contribution in [0.1, 0.15) is 65.9 Å². The van der Waals surface area contributed by atoms with Gasteiger partial charge in [-0.1, -0.05) is 32.9 Å². The summed E-state index contributed by atoms with van der Waals surface area (Å²) in [6.45, 7) is 13.1. The summed E-state index contributed by atoms with van der Waals surface area (Å²) in [5.41, 5.74) is 7.34. The molecular weight excluding hydrogens is 300 g/mol. The second-order valence-electron chi connectivity index (χ2n) is 8.90. The van der Waals surface area contributed by atoms with Gasteiger partial charge in [-0.25, -0.2) is 4.79 Å². The number of nitrogen functional groups attached to an aromatic ring is 1. The van der Waals surface area contributed by atoms with Crippen LogP contribution >= 0.6 is 0 Å². The quantitative estimate of drug-likeness (QED) is 0.752. The fourth-order valence-electron chi connectivity index (χ4n) is 3.68. The lowest BCUT2D eigenvalue weighted by Gasteiger charge is -2.48. The van der Waals surface area contributed by atoms with Gasteiger partial charge in [0.2, 0.25) is 0 Å². The lowest BCUT2D eigenvalue weighted by Crippen LogP contribution is -2.54. The second kappa shape index (κ2) is 6.66. The molecule has 1 fully saturated rings. The second-order valence-corrected chi connectivity index (χ2v) is 8.90. The van der Waals surface area contributed by atoms with Crippen LogP contribution in [0.4, 0.5) is 10.5 Å². The minimum Gasteiger partial charge on any atom is -0.444 e. The van der Waals surface area contributed by atoms with Gasteiger partial charge in [-0.15, -0.1) is 0 Å². The maximum absolute atomic E-state index is 12.8. The highest BCUT2D eigenvalue weighted by Gasteiger charge is 2.43. The van der Waals surface area contributed by atoms with Gasteiger partial charge in [0.15, 0.2) is 0 Å². The van der Waals surface area contributed by atoms with Crippen molar-refractivity contribution < 1.29 is 9.53 Å². The van der Waals surface area contributed by atoms with Gasteiger partial charge in [0.05, 0.1) is 0 Å². The van der Waals surface area contributed by atoms with Crippen LogP contribution in [0.2, 0.25) is 0 Å². The minimum absolute atomic E-state index is 0.0383. The molecule has 1 aromatic rings. The van der Waals surface area contributed by atoms with Crippen LogP contribution in [0, 0.1) is 5.41 Å². The van der Waals surface area contributed by atoms with Crippen LogP contribution in [0.15, 0.2) is 24.3 Å². The Balaban J connectivity index is 2.34. The van der Waals surface area contributed by atoms with Crippen molar-refractivity contribution in [2.24, 2.45) is 5.41 Å². The predicted octanol–water partition coefficient (Wildman–Crippen LogP) is 4.80. The Morgan fingerprint density at radius 1 is 1.12 bits per heavy atom. The first kappa shape index (κ1) is 18.6. The highest BCUT2D eigenvalue weighted by Crippen LogP contribution is 2.42. The number of rotatable bonds is 1. The van der Waals surface area contributed by atoms with Gasteiger partial charge < -0.3 is 15.4 Å². The van der Waals surface area contributed by atoms with E-state index in [-0.39, 0.29) is 17.6 Å². The number of benzene rings is 1. The molecule has 134 valence electrons. The van der Waals surface area contributed by atoms with Crippen molar-refractivity contribution >= 4 is 11.8 Å². The van der Waals surface area contributed by atoms with Crippen molar-refractivity contribution in [2.45, 2.75) is 71.9 Å². The van der Waals surface area contributed by atoms with Gasteiger partial charge >= 0.3 is 6.09 Å². The first-order valence-electron chi connectivity index (χ1n) is 8.84. The van der Waals surface area contributed by atoms with Crippen LogP contribution in [-0.2, 0) is 4.74 Å². The van der Waals surface area contributed by atoms with Crippen LogP contribution in [-0.4, -0.2) is 29.2 Å². The van der Waals surface area contributed by atoms with Crippen LogP contribution < -0.4 is 5.73 Å². The number of nitrogens with zero attached hydrogens (tertiary/aromatic N) is 1. The van der Waals surface area contributed by atoms with Crippen LogP contribution in [0.5, 0.6) is 0 Å². The summed E-state index contributed by atoms with van der Waals surface area (Å²) in [6, 6.07) is 8.18. The number of hydrogen-bond donors (Lipinski definition) is 1. The van der Waals surface area contributed by atoms with Gasteiger partial charge in [0.25, 0.3) is 0 Å². The van der Waals surface area contributed by atoms with Crippen molar-refractivity contribution in [3.63, 3.8) is 0 Å². The summed E-state index contributed by atoms with van der Waals surface area (Å²) in [5, 5.41) is 0. The summed E-state index contributed by atoms with van der Waals surface area (Å²) in [7, 11) is 0. The SMILES string of the molecule is CC(C)(C)OC(=O)N1CCCC(c2ccc(N)cc2)C1C(C)(C)C. The third-order valence-electron chi connectivity index (χ3n) is 4.51. The van der Waals surface area contributed by atoms with Gasteiger partial charge in [-0.05, 0) is 56.7 Å². The van der Waals surface area contributed by atoms with Crippen molar-refractivity contribution in [1.82, 2.24) is 4.90 Å². The maximum atomic E-state index is 12.8. The average molecular weight is 332 g/mol. The molecule has 1 aliphatic heterocycles. The molecule has 1 saturated heterocycles. The average Bonchev–Trinajstić information content (AvgIpc) is 2.44. The fraction of sp³-hybridized carbons (Fsp3) is 0.650. The summed E-state index contributed by atoms with van der Waals surface area (Å²) in [5.74, 6) is 0.298.